The van der Waals surface area contributed by atoms with Crippen molar-refractivity contribution in [2.75, 3.05) is 5.33 Å². The highest BCUT2D eigenvalue weighted by Gasteiger charge is 2.80. The molecule has 15 saturated carbocycles. The zero-order chi connectivity index (χ0) is 61.3. The SMILES string of the molecule is C[C@@]1(O)CC[C@@]23C[C@@]2(CC[C@H]2[C@@H]4CC[C@H](C(=O)CBr)[C@@]4(C)CC[C@@H]23)C1.C[C@@]1(O)CC[C@@]23C[C@@]2(CC[C@H]2[C@@H]4CC[C@H](C(=O)Cn5ccnn5)[C@@]4(C)CC[C@@H]23)C1.C[C@@]1(O)CC[C@@]23C[C@@]2(CC[C@H]2[C@@H]4CC[C@H](C(=O)Cn5nccn5)[C@@]4(C)CC[C@@H]23)C1.c1cn[nH]n1. The summed E-state index contributed by atoms with van der Waals surface area (Å²) in [5.41, 5.74) is 2.29. The molecule has 15 aliphatic carbocycles. The molecule has 15 fully saturated rings. The van der Waals surface area contributed by atoms with Gasteiger partial charge in [-0.3, -0.25) is 14.4 Å². The van der Waals surface area contributed by atoms with Gasteiger partial charge >= 0.3 is 0 Å². The molecule has 3 aromatic rings. The van der Waals surface area contributed by atoms with E-state index in [9.17, 15) is 29.7 Å². The van der Waals surface area contributed by atoms with E-state index in [4.69, 9.17) is 0 Å². The first-order valence-electron chi connectivity index (χ1n) is 35.6. The van der Waals surface area contributed by atoms with Crippen LogP contribution in [-0.4, -0.2) is 100 Å². The summed E-state index contributed by atoms with van der Waals surface area (Å²) in [6.07, 6.45) is 46.4. The molecule has 88 heavy (non-hydrogen) atoms. The highest BCUT2D eigenvalue weighted by atomic mass is 79.9. The minimum Gasteiger partial charge on any atom is -0.390 e. The number of Topliss-reactive ketones (excluding diaryl/α,β-unsaturated/α-hetero) is 3. The standard InChI is InChI=1S/2C24H35N3O2.C22H33BrO2.C2H3N3/c1-21(29)9-10-24-15-23(24,14-21)8-5-16-17-3-4-19(22(17,2)7-6-18(16)24)20(28)13-27-12-11-25-26-27;1-21(29)9-10-24-15-23(24,14-21)8-5-16-17-3-4-19(22(17,2)7-6-18(16)24)20(28)13-27-25-11-12-26-27;1-19(25)9-10-22-13-21(22,12-19)8-5-14-15-3-4-17(18(24)11-23)20(15,2)7-6-16(14)22;1-2-4-5-3-1/h2*11-12,16-19,29H,3-10,13-15H2,1-2H3;14-17,25H,3-13H2,1-2H3;1-2H,(H,3,4,5)/t2*16-,17-,18-,19+,21+,22-,23+,24-;14-,15-,16-,17+,19+,20-,21+,22-;/m000./s1. The molecular weight excluding hydrogens is 1170 g/mol. The maximum atomic E-state index is 13.2. The van der Waals surface area contributed by atoms with Crippen molar-refractivity contribution in [2.24, 2.45) is 120 Å². The largest absolute Gasteiger partial charge is 0.390 e. The summed E-state index contributed by atoms with van der Waals surface area (Å²) in [6.45, 7) is 14.2. The number of fused-ring (bicyclic) bond motifs is 9. The van der Waals surface area contributed by atoms with E-state index in [1.165, 1.54) is 135 Å². The quantitative estimate of drug-likeness (QED) is 0.155. The summed E-state index contributed by atoms with van der Waals surface area (Å²) in [5, 5.41) is 58.2. The van der Waals surface area contributed by atoms with Gasteiger partial charge in [0.1, 0.15) is 18.9 Å². The van der Waals surface area contributed by atoms with Gasteiger partial charge in [0.05, 0.1) is 53.1 Å². The summed E-state index contributed by atoms with van der Waals surface area (Å²) in [5.74, 6) is 9.02. The second-order valence-corrected chi connectivity index (χ2v) is 36.0. The molecule has 15 nitrogen and oxygen atoms in total. The van der Waals surface area contributed by atoms with Crippen molar-refractivity contribution in [1.82, 2.24) is 45.4 Å². The first-order chi connectivity index (χ1) is 41.8. The second kappa shape index (κ2) is 20.9. The van der Waals surface area contributed by atoms with Crippen LogP contribution in [-0.2, 0) is 27.5 Å². The van der Waals surface area contributed by atoms with Gasteiger partial charge < -0.3 is 15.3 Å². The van der Waals surface area contributed by atoms with Crippen molar-refractivity contribution in [2.45, 2.75) is 264 Å². The summed E-state index contributed by atoms with van der Waals surface area (Å²) in [6, 6.07) is 0. The van der Waals surface area contributed by atoms with Crippen LogP contribution in [0.15, 0.2) is 37.2 Å². The molecule has 18 rings (SSSR count). The average Bonchev–Trinajstić information content (AvgIpc) is 1.51. The molecule has 0 saturated heterocycles. The van der Waals surface area contributed by atoms with E-state index in [2.05, 4.69) is 93.4 Å². The molecule has 0 unspecified atom stereocenters. The van der Waals surface area contributed by atoms with Crippen LogP contribution >= 0.6 is 15.9 Å². The van der Waals surface area contributed by atoms with E-state index in [0.717, 1.165) is 99.2 Å². The van der Waals surface area contributed by atoms with Crippen LogP contribution in [0.1, 0.15) is 234 Å². The molecule has 0 radical (unpaired) electrons. The smallest absolute Gasteiger partial charge is 0.159 e. The molecule has 24 atom stereocenters. The Labute approximate surface area is 531 Å². The van der Waals surface area contributed by atoms with Crippen LogP contribution in [0.4, 0.5) is 0 Å². The Morgan fingerprint density at radius 3 is 1.18 bits per heavy atom. The molecular formula is C72H106BrN9O6. The predicted octanol–water partition coefficient (Wildman–Crippen LogP) is 12.9. The van der Waals surface area contributed by atoms with Crippen molar-refractivity contribution in [3.63, 3.8) is 0 Å². The van der Waals surface area contributed by atoms with Gasteiger partial charge in [-0.15, -0.1) is 5.10 Å². The fourth-order valence-electron chi connectivity index (χ4n) is 28.3. The van der Waals surface area contributed by atoms with Crippen molar-refractivity contribution < 1.29 is 29.7 Å². The molecule has 0 amide bonds. The average molecular weight is 1270 g/mol. The maximum Gasteiger partial charge on any atom is 0.159 e. The molecule has 0 spiro atoms. The van der Waals surface area contributed by atoms with E-state index < -0.39 is 16.8 Å². The lowest BCUT2D eigenvalue weighted by atomic mass is 9.48. The number of rotatable bonds is 8. The van der Waals surface area contributed by atoms with Crippen molar-refractivity contribution >= 4 is 33.3 Å². The number of halogens is 1. The minimum absolute atomic E-state index is 0.164. The van der Waals surface area contributed by atoms with E-state index in [1.807, 2.05) is 0 Å². The molecule has 0 bridgehead atoms. The molecule has 16 heteroatoms. The molecule has 3 aromatic heterocycles. The van der Waals surface area contributed by atoms with E-state index in [1.54, 1.807) is 46.7 Å². The zero-order valence-corrected chi connectivity index (χ0v) is 55.8. The summed E-state index contributed by atoms with van der Waals surface area (Å²) < 4.78 is 1.69. The third kappa shape index (κ3) is 9.24. The molecule has 15 aliphatic rings. The summed E-state index contributed by atoms with van der Waals surface area (Å²) in [4.78, 5) is 40.4. The summed E-state index contributed by atoms with van der Waals surface area (Å²) in [7, 11) is 0. The van der Waals surface area contributed by atoms with Gasteiger partial charge in [-0.2, -0.15) is 30.4 Å². The molecule has 0 aliphatic heterocycles. The van der Waals surface area contributed by atoms with Gasteiger partial charge in [0.25, 0.3) is 0 Å². The van der Waals surface area contributed by atoms with E-state index >= 15 is 0 Å². The predicted molar refractivity (Wildman–Crippen MR) is 336 cm³/mol. The van der Waals surface area contributed by atoms with Crippen molar-refractivity contribution in [3.8, 4) is 0 Å². The zero-order valence-electron chi connectivity index (χ0n) is 54.2. The van der Waals surface area contributed by atoms with Gasteiger partial charge in [0.15, 0.2) is 11.6 Å². The molecule has 0 aromatic carbocycles. The number of ketones is 3. The fourth-order valence-corrected chi connectivity index (χ4v) is 28.6. The van der Waals surface area contributed by atoms with E-state index in [-0.39, 0.29) is 28.1 Å². The van der Waals surface area contributed by atoms with Crippen molar-refractivity contribution in [1.29, 1.82) is 0 Å². The summed E-state index contributed by atoms with van der Waals surface area (Å²) >= 11 is 3.43. The number of alkyl halides is 1. The number of carbonyl (C=O) groups excluding carboxylic acids is 3. The van der Waals surface area contributed by atoms with Crippen LogP contribution in [0.25, 0.3) is 0 Å². The first-order valence-corrected chi connectivity index (χ1v) is 36.8. The van der Waals surface area contributed by atoms with Crippen LogP contribution in [0, 0.1) is 120 Å². The number of aromatic nitrogens is 9. The number of nitrogens with zero attached hydrogens (tertiary/aromatic N) is 8. The third-order valence-electron chi connectivity index (χ3n) is 31.7. The van der Waals surface area contributed by atoms with Crippen LogP contribution < -0.4 is 0 Å². The lowest BCUT2D eigenvalue weighted by Gasteiger charge is -2.56. The van der Waals surface area contributed by atoms with Crippen molar-refractivity contribution in [3.05, 3.63) is 37.2 Å². The first kappa shape index (κ1) is 61.0. The number of nitrogens with one attached hydrogen (secondary N) is 1. The Morgan fingerprint density at radius 2 is 0.830 bits per heavy atom. The normalized spacial score (nSPS) is 52.1. The lowest BCUT2D eigenvalue weighted by Crippen LogP contribution is -2.51. The van der Waals surface area contributed by atoms with Gasteiger partial charge in [-0.1, -0.05) is 41.9 Å². The number of carbonyl (C=O) groups is 3. The monoisotopic (exact) mass is 1270 g/mol. The fraction of sp³-hybridized carbons (Fsp3) is 0.875. The number of hydrogen-bond donors (Lipinski definition) is 4. The Kier molecular flexibility index (Phi) is 14.5. The Morgan fingerprint density at radius 1 is 0.443 bits per heavy atom. The van der Waals surface area contributed by atoms with Gasteiger partial charge in [-0.25, -0.2) is 4.68 Å². The van der Waals surface area contributed by atoms with Crippen LogP contribution in [0.5, 0.6) is 0 Å². The molecule has 482 valence electrons. The number of aliphatic hydroxyl groups is 3. The molecule has 3 heterocycles. The van der Waals surface area contributed by atoms with Crippen LogP contribution in [0.3, 0.4) is 0 Å². The van der Waals surface area contributed by atoms with Gasteiger partial charge in [-0.05, 0) is 315 Å². The maximum absolute atomic E-state index is 13.2. The topological polar surface area (TPSA) is 215 Å². The second-order valence-electron chi connectivity index (χ2n) is 35.5. The van der Waals surface area contributed by atoms with Crippen LogP contribution in [0.2, 0.25) is 0 Å². The number of hydrogen-bond acceptors (Lipinski definition) is 12. The van der Waals surface area contributed by atoms with E-state index in [0.29, 0.717) is 86.0 Å². The Hall–Kier alpha value is -3.21. The Bertz CT molecular complexity index is 2960. The lowest BCUT2D eigenvalue weighted by molar-refractivity contribution is -0.133. The number of aromatic amines is 1. The van der Waals surface area contributed by atoms with Gasteiger partial charge in [0.2, 0.25) is 0 Å². The highest BCUT2D eigenvalue weighted by molar-refractivity contribution is 9.09. The highest BCUT2D eigenvalue weighted by Crippen LogP contribution is 2.87. The minimum atomic E-state index is -0.443. The number of H-pyrrole nitrogens is 1. The Balaban J connectivity index is 0.000000107. The third-order valence-corrected chi connectivity index (χ3v) is 32.3. The van der Waals surface area contributed by atoms with Gasteiger partial charge in [0, 0.05) is 24.0 Å². The molecule has 4 N–H and O–H groups in total.